The van der Waals surface area contributed by atoms with Gasteiger partial charge in [-0.1, -0.05) is 30.3 Å². The van der Waals surface area contributed by atoms with Crippen molar-refractivity contribution in [2.75, 3.05) is 11.9 Å². The van der Waals surface area contributed by atoms with Crippen molar-refractivity contribution in [3.8, 4) is 5.75 Å². The largest absolute Gasteiger partial charge is 0.492 e. The second-order valence-electron chi connectivity index (χ2n) is 5.43. The molecule has 0 aliphatic heterocycles. The first-order valence-electron chi connectivity index (χ1n) is 7.70. The van der Waals surface area contributed by atoms with E-state index in [9.17, 15) is 4.79 Å². The molecule has 0 aliphatic carbocycles. The number of hydrogen-bond acceptors (Lipinski definition) is 2. The second kappa shape index (κ2) is 6.16. The van der Waals surface area contributed by atoms with E-state index in [-0.39, 0.29) is 5.91 Å². The van der Waals surface area contributed by atoms with Gasteiger partial charge < -0.3 is 14.6 Å². The van der Waals surface area contributed by atoms with Crippen LogP contribution in [0.5, 0.6) is 5.75 Å². The fourth-order valence-corrected chi connectivity index (χ4v) is 2.94. The van der Waals surface area contributed by atoms with E-state index in [0.29, 0.717) is 23.7 Å². The Bertz CT molecular complexity index is 826. The van der Waals surface area contributed by atoms with Crippen molar-refractivity contribution in [2.45, 2.75) is 13.8 Å². The number of carbonyl (C=O) groups is 1. The van der Waals surface area contributed by atoms with E-state index in [1.165, 1.54) is 0 Å². The molecule has 0 saturated carbocycles. The fourth-order valence-electron chi connectivity index (χ4n) is 2.94. The van der Waals surface area contributed by atoms with Crippen LogP contribution >= 0.6 is 0 Å². The molecule has 4 nitrogen and oxygen atoms in total. The average Bonchev–Trinajstić information content (AvgIpc) is 2.81. The molecule has 0 fully saturated rings. The van der Waals surface area contributed by atoms with Crippen LogP contribution < -0.4 is 10.1 Å². The maximum Gasteiger partial charge on any atom is 0.272 e. The molecule has 0 spiro atoms. The van der Waals surface area contributed by atoms with Crippen molar-refractivity contribution in [1.29, 1.82) is 0 Å². The highest BCUT2D eigenvalue weighted by molar-refractivity contribution is 6.08. The lowest BCUT2D eigenvalue weighted by molar-refractivity contribution is 0.101. The molecule has 1 heterocycles. The van der Waals surface area contributed by atoms with Crippen LogP contribution in [0.15, 0.2) is 48.5 Å². The summed E-state index contributed by atoms with van der Waals surface area (Å²) < 4.78 is 7.51. The van der Waals surface area contributed by atoms with Gasteiger partial charge in [0.15, 0.2) is 0 Å². The van der Waals surface area contributed by atoms with Crippen LogP contribution in [0.3, 0.4) is 0 Å². The van der Waals surface area contributed by atoms with E-state index in [4.69, 9.17) is 4.74 Å². The predicted octanol–water partition coefficient (Wildman–Crippen LogP) is 4.14. The molecule has 118 valence electrons. The quantitative estimate of drug-likeness (QED) is 0.787. The third kappa shape index (κ3) is 2.68. The number of amides is 1. The van der Waals surface area contributed by atoms with Crippen LogP contribution in [0, 0.1) is 6.92 Å². The number of benzene rings is 2. The van der Waals surface area contributed by atoms with Gasteiger partial charge in [0.1, 0.15) is 11.4 Å². The van der Waals surface area contributed by atoms with Gasteiger partial charge in [0.25, 0.3) is 5.91 Å². The number of anilines is 1. The minimum Gasteiger partial charge on any atom is -0.492 e. The summed E-state index contributed by atoms with van der Waals surface area (Å²) >= 11 is 0. The Balaban J connectivity index is 1.99. The SMILES string of the molecule is CCOc1ccccc1NC(=O)c1c(C)c2ccccc2n1C. The summed E-state index contributed by atoms with van der Waals surface area (Å²) in [7, 11) is 1.92. The molecule has 0 bridgehead atoms. The minimum absolute atomic E-state index is 0.131. The zero-order valence-electron chi connectivity index (χ0n) is 13.6. The molecule has 3 rings (SSSR count). The number of aromatic nitrogens is 1. The molecule has 1 N–H and O–H groups in total. The van der Waals surface area contributed by atoms with Crippen molar-refractivity contribution >= 4 is 22.5 Å². The highest BCUT2D eigenvalue weighted by Crippen LogP contribution is 2.28. The highest BCUT2D eigenvalue weighted by atomic mass is 16.5. The van der Waals surface area contributed by atoms with E-state index in [2.05, 4.69) is 5.32 Å². The topological polar surface area (TPSA) is 43.3 Å². The van der Waals surface area contributed by atoms with Gasteiger partial charge in [0, 0.05) is 18.0 Å². The van der Waals surface area contributed by atoms with E-state index in [1.54, 1.807) is 0 Å². The van der Waals surface area contributed by atoms with Gasteiger partial charge in [-0.25, -0.2) is 0 Å². The smallest absolute Gasteiger partial charge is 0.272 e. The first-order chi connectivity index (χ1) is 11.1. The number of nitrogens with zero attached hydrogens (tertiary/aromatic N) is 1. The zero-order valence-corrected chi connectivity index (χ0v) is 13.6. The molecule has 0 radical (unpaired) electrons. The van der Waals surface area contributed by atoms with Crippen molar-refractivity contribution < 1.29 is 9.53 Å². The van der Waals surface area contributed by atoms with Crippen LogP contribution in [0.2, 0.25) is 0 Å². The van der Waals surface area contributed by atoms with E-state index in [1.807, 2.05) is 74.0 Å². The number of rotatable bonds is 4. The summed E-state index contributed by atoms with van der Waals surface area (Å²) in [5, 5.41) is 4.07. The lowest BCUT2D eigenvalue weighted by Crippen LogP contribution is -2.17. The summed E-state index contributed by atoms with van der Waals surface area (Å²) in [6, 6.07) is 15.5. The molecular weight excluding hydrogens is 288 g/mol. The van der Waals surface area contributed by atoms with Crippen LogP contribution in [-0.4, -0.2) is 17.1 Å². The van der Waals surface area contributed by atoms with Gasteiger partial charge >= 0.3 is 0 Å². The molecular formula is C19H20N2O2. The normalized spacial score (nSPS) is 10.7. The van der Waals surface area contributed by atoms with Crippen LogP contribution in [0.1, 0.15) is 23.0 Å². The number of carbonyl (C=O) groups excluding carboxylic acids is 1. The Morgan fingerprint density at radius 1 is 1.13 bits per heavy atom. The second-order valence-corrected chi connectivity index (χ2v) is 5.43. The molecule has 0 aliphatic rings. The molecule has 1 amide bonds. The van der Waals surface area contributed by atoms with Gasteiger partial charge in [-0.3, -0.25) is 4.79 Å². The maximum absolute atomic E-state index is 12.8. The summed E-state index contributed by atoms with van der Waals surface area (Å²) in [5.41, 5.74) is 3.38. The monoisotopic (exact) mass is 308 g/mol. The molecule has 3 aromatic rings. The van der Waals surface area contributed by atoms with Crippen molar-refractivity contribution in [3.63, 3.8) is 0 Å². The van der Waals surface area contributed by atoms with Crippen molar-refractivity contribution in [1.82, 2.24) is 4.57 Å². The fraction of sp³-hybridized carbons (Fsp3) is 0.211. The lowest BCUT2D eigenvalue weighted by atomic mass is 10.1. The Morgan fingerprint density at radius 2 is 1.83 bits per heavy atom. The summed E-state index contributed by atoms with van der Waals surface area (Å²) in [6.45, 7) is 4.46. The zero-order chi connectivity index (χ0) is 16.4. The first-order valence-corrected chi connectivity index (χ1v) is 7.70. The predicted molar refractivity (Wildman–Crippen MR) is 93.2 cm³/mol. The highest BCUT2D eigenvalue weighted by Gasteiger charge is 2.19. The van der Waals surface area contributed by atoms with Gasteiger partial charge in [-0.05, 0) is 37.6 Å². The van der Waals surface area contributed by atoms with E-state index < -0.39 is 0 Å². The number of nitrogens with one attached hydrogen (secondary N) is 1. The Labute approximate surface area is 135 Å². The maximum atomic E-state index is 12.8. The third-order valence-electron chi connectivity index (χ3n) is 4.01. The molecule has 0 unspecified atom stereocenters. The Morgan fingerprint density at radius 3 is 2.57 bits per heavy atom. The molecule has 4 heteroatoms. The third-order valence-corrected chi connectivity index (χ3v) is 4.01. The Hall–Kier alpha value is -2.75. The number of aryl methyl sites for hydroxylation is 2. The van der Waals surface area contributed by atoms with E-state index >= 15 is 0 Å². The van der Waals surface area contributed by atoms with E-state index in [0.717, 1.165) is 16.5 Å². The lowest BCUT2D eigenvalue weighted by Gasteiger charge is -2.12. The minimum atomic E-state index is -0.131. The number of para-hydroxylation sites is 3. The van der Waals surface area contributed by atoms with Gasteiger partial charge in [-0.15, -0.1) is 0 Å². The molecule has 0 atom stereocenters. The van der Waals surface area contributed by atoms with Gasteiger partial charge in [-0.2, -0.15) is 0 Å². The van der Waals surface area contributed by atoms with Crippen LogP contribution in [0.4, 0.5) is 5.69 Å². The van der Waals surface area contributed by atoms with Crippen molar-refractivity contribution in [2.24, 2.45) is 7.05 Å². The summed E-state index contributed by atoms with van der Waals surface area (Å²) in [4.78, 5) is 12.8. The van der Waals surface area contributed by atoms with Crippen LogP contribution in [-0.2, 0) is 7.05 Å². The standard InChI is InChI=1S/C19H20N2O2/c1-4-23-17-12-8-6-10-15(17)20-19(22)18-13(2)14-9-5-7-11-16(14)21(18)3/h5-12H,4H2,1-3H3,(H,20,22). The Kier molecular flexibility index (Phi) is 4.06. The number of ether oxygens (including phenoxy) is 1. The number of hydrogen-bond donors (Lipinski definition) is 1. The summed E-state index contributed by atoms with van der Waals surface area (Å²) in [5.74, 6) is 0.549. The molecule has 23 heavy (non-hydrogen) atoms. The first kappa shape index (κ1) is 15.2. The molecule has 0 saturated heterocycles. The number of fused-ring (bicyclic) bond motifs is 1. The molecule has 2 aromatic carbocycles. The average molecular weight is 308 g/mol. The van der Waals surface area contributed by atoms with Gasteiger partial charge in [0.2, 0.25) is 0 Å². The van der Waals surface area contributed by atoms with Gasteiger partial charge in [0.05, 0.1) is 12.3 Å². The van der Waals surface area contributed by atoms with Crippen LogP contribution in [0.25, 0.3) is 10.9 Å². The van der Waals surface area contributed by atoms with Crippen molar-refractivity contribution in [3.05, 3.63) is 59.8 Å². The summed E-state index contributed by atoms with van der Waals surface area (Å²) in [6.07, 6.45) is 0. The molecule has 1 aromatic heterocycles.